The highest BCUT2D eigenvalue weighted by Crippen LogP contribution is 2.38. The molecule has 0 radical (unpaired) electrons. The summed E-state index contributed by atoms with van der Waals surface area (Å²) < 4.78 is 0. The van der Waals surface area contributed by atoms with Gasteiger partial charge in [-0.2, -0.15) is 0 Å². The van der Waals surface area contributed by atoms with Crippen molar-refractivity contribution in [3.63, 3.8) is 0 Å². The largest absolute Gasteiger partial charge is 0.393 e. The molecule has 2 rings (SSSR count). The first kappa shape index (κ1) is 11.5. The van der Waals surface area contributed by atoms with Crippen molar-refractivity contribution >= 4 is 29.0 Å². The summed E-state index contributed by atoms with van der Waals surface area (Å²) in [7, 11) is 0. The number of hydrogen-bond donors (Lipinski definition) is 1. The molecule has 2 bridgehead atoms. The monoisotopic (exact) mass is 240 g/mol. The van der Waals surface area contributed by atoms with Gasteiger partial charge < -0.3 is 5.73 Å². The first-order valence-corrected chi connectivity index (χ1v) is 6.06. The van der Waals surface area contributed by atoms with Gasteiger partial charge in [-0.05, 0) is 19.3 Å². The first-order valence-electron chi connectivity index (χ1n) is 5.65. The molecule has 4 nitrogen and oxygen atoms in total. The number of nitrogens with two attached hydrogens (primary N) is 1. The van der Waals surface area contributed by atoms with Gasteiger partial charge in [0.25, 0.3) is 0 Å². The van der Waals surface area contributed by atoms with Gasteiger partial charge in [0.15, 0.2) is 0 Å². The van der Waals surface area contributed by atoms with Crippen LogP contribution >= 0.6 is 12.2 Å². The van der Waals surface area contributed by atoms with Crippen molar-refractivity contribution in [1.82, 2.24) is 4.90 Å². The van der Waals surface area contributed by atoms with Crippen molar-refractivity contribution in [3.05, 3.63) is 0 Å². The number of thiocarbonyl (C=S) groups is 1. The Morgan fingerprint density at radius 3 is 2.38 bits per heavy atom. The van der Waals surface area contributed by atoms with Gasteiger partial charge in [0.2, 0.25) is 11.8 Å². The molecule has 2 fully saturated rings. The van der Waals surface area contributed by atoms with Gasteiger partial charge in [-0.1, -0.05) is 19.1 Å². The van der Waals surface area contributed by atoms with E-state index in [1.165, 1.54) is 4.90 Å². The molecule has 0 spiro atoms. The average Bonchev–Trinajstić information content (AvgIpc) is 2.68. The standard InChI is InChI=1S/C11H16N2O2S/c1-6(9(12)16)5-13-10(14)7-2-3-8(4-7)11(13)15/h6-8H,2-5H2,1H3,(H2,12,16). The molecule has 1 heterocycles. The van der Waals surface area contributed by atoms with E-state index in [2.05, 4.69) is 0 Å². The van der Waals surface area contributed by atoms with E-state index in [9.17, 15) is 9.59 Å². The predicted octanol–water partition coefficient (Wildman–Crippen LogP) is 0.694. The van der Waals surface area contributed by atoms with Crippen molar-refractivity contribution in [2.24, 2.45) is 23.5 Å². The third-order valence-electron chi connectivity index (χ3n) is 3.61. The first-order chi connectivity index (χ1) is 7.50. The minimum Gasteiger partial charge on any atom is -0.393 e. The summed E-state index contributed by atoms with van der Waals surface area (Å²) in [5, 5.41) is 0. The van der Waals surface area contributed by atoms with E-state index in [4.69, 9.17) is 18.0 Å². The zero-order valence-corrected chi connectivity index (χ0v) is 10.1. The molecule has 1 aliphatic heterocycles. The molecule has 1 saturated heterocycles. The number of rotatable bonds is 3. The molecule has 2 amide bonds. The average molecular weight is 240 g/mol. The van der Waals surface area contributed by atoms with Crippen LogP contribution in [0.1, 0.15) is 26.2 Å². The molecular formula is C11H16N2O2S. The second kappa shape index (κ2) is 4.13. The number of carbonyl (C=O) groups excluding carboxylic acids is 2. The number of piperidine rings is 1. The molecule has 0 aromatic rings. The van der Waals surface area contributed by atoms with Crippen molar-refractivity contribution < 1.29 is 9.59 Å². The van der Waals surface area contributed by atoms with Crippen LogP contribution in [0.3, 0.4) is 0 Å². The van der Waals surface area contributed by atoms with Crippen molar-refractivity contribution in [2.45, 2.75) is 26.2 Å². The fourth-order valence-corrected chi connectivity index (χ4v) is 2.60. The van der Waals surface area contributed by atoms with E-state index in [1.807, 2.05) is 6.92 Å². The summed E-state index contributed by atoms with van der Waals surface area (Å²) in [6, 6.07) is 0. The Morgan fingerprint density at radius 2 is 1.94 bits per heavy atom. The normalized spacial score (nSPS) is 30.7. The fourth-order valence-electron chi connectivity index (χ4n) is 2.52. The van der Waals surface area contributed by atoms with Crippen LogP contribution in [-0.2, 0) is 9.59 Å². The fraction of sp³-hybridized carbons (Fsp3) is 0.727. The summed E-state index contributed by atoms with van der Waals surface area (Å²) in [4.78, 5) is 25.7. The maximum absolute atomic E-state index is 12.0. The lowest BCUT2D eigenvalue weighted by Crippen LogP contribution is -2.49. The highest BCUT2D eigenvalue weighted by molar-refractivity contribution is 7.80. The molecule has 16 heavy (non-hydrogen) atoms. The zero-order valence-electron chi connectivity index (χ0n) is 9.31. The second-order valence-electron chi connectivity index (χ2n) is 4.80. The van der Waals surface area contributed by atoms with Crippen molar-refractivity contribution in [1.29, 1.82) is 0 Å². The number of amides is 2. The highest BCUT2D eigenvalue weighted by atomic mass is 32.1. The smallest absolute Gasteiger partial charge is 0.232 e. The minimum absolute atomic E-state index is 0.0261. The van der Waals surface area contributed by atoms with Gasteiger partial charge in [0.05, 0.1) is 4.99 Å². The maximum atomic E-state index is 12.0. The Bertz CT molecular complexity index is 334. The van der Waals surface area contributed by atoms with Crippen LogP contribution in [0.15, 0.2) is 0 Å². The van der Waals surface area contributed by atoms with Gasteiger partial charge in [-0.25, -0.2) is 0 Å². The molecule has 3 unspecified atom stereocenters. The topological polar surface area (TPSA) is 63.4 Å². The SMILES string of the molecule is CC(CN1C(=O)C2CCC(C2)C1=O)C(N)=S. The molecule has 0 aromatic carbocycles. The van der Waals surface area contributed by atoms with Crippen molar-refractivity contribution in [3.8, 4) is 0 Å². The Balaban J connectivity index is 2.11. The Labute approximate surface area is 100 Å². The van der Waals surface area contributed by atoms with E-state index in [0.717, 1.165) is 19.3 Å². The summed E-state index contributed by atoms with van der Waals surface area (Å²) >= 11 is 4.87. The highest BCUT2D eigenvalue weighted by Gasteiger charge is 2.45. The number of likely N-dealkylation sites (tertiary alicyclic amines) is 1. The lowest BCUT2D eigenvalue weighted by molar-refractivity contribution is -0.153. The zero-order chi connectivity index (χ0) is 11.9. The predicted molar refractivity (Wildman–Crippen MR) is 63.5 cm³/mol. The Morgan fingerprint density at radius 1 is 1.44 bits per heavy atom. The van der Waals surface area contributed by atoms with E-state index >= 15 is 0 Å². The summed E-state index contributed by atoms with van der Waals surface area (Å²) in [5.74, 6) is -0.0356. The molecule has 2 N–H and O–H groups in total. The van der Waals surface area contributed by atoms with E-state index in [1.54, 1.807) is 0 Å². The second-order valence-corrected chi connectivity index (χ2v) is 5.27. The molecule has 1 saturated carbocycles. The van der Waals surface area contributed by atoms with Gasteiger partial charge in [-0.15, -0.1) is 0 Å². The van der Waals surface area contributed by atoms with Crippen LogP contribution in [0, 0.1) is 17.8 Å². The number of carbonyl (C=O) groups is 2. The third-order valence-corrected chi connectivity index (χ3v) is 4.01. The molecule has 0 aromatic heterocycles. The van der Waals surface area contributed by atoms with Gasteiger partial charge in [0, 0.05) is 24.3 Å². The van der Waals surface area contributed by atoms with E-state index in [-0.39, 0.29) is 29.6 Å². The lowest BCUT2D eigenvalue weighted by atomic mass is 9.96. The molecule has 88 valence electrons. The Hall–Kier alpha value is -0.970. The van der Waals surface area contributed by atoms with Crippen molar-refractivity contribution in [2.75, 3.05) is 6.54 Å². The molecule has 5 heteroatoms. The molecular weight excluding hydrogens is 224 g/mol. The van der Waals surface area contributed by atoms with Gasteiger partial charge >= 0.3 is 0 Å². The number of hydrogen-bond acceptors (Lipinski definition) is 3. The van der Waals surface area contributed by atoms with Gasteiger partial charge in [-0.3, -0.25) is 14.5 Å². The number of fused-ring (bicyclic) bond motifs is 2. The molecule has 2 aliphatic rings. The van der Waals surface area contributed by atoms with Crippen LogP contribution in [0.4, 0.5) is 0 Å². The quantitative estimate of drug-likeness (QED) is 0.582. The van der Waals surface area contributed by atoms with Crippen LogP contribution in [0.25, 0.3) is 0 Å². The number of nitrogens with zero attached hydrogens (tertiary/aromatic N) is 1. The van der Waals surface area contributed by atoms with E-state index in [0.29, 0.717) is 11.5 Å². The molecule has 1 aliphatic carbocycles. The van der Waals surface area contributed by atoms with Crippen LogP contribution in [-0.4, -0.2) is 28.2 Å². The Kier molecular flexibility index (Phi) is 2.97. The third kappa shape index (κ3) is 1.84. The minimum atomic E-state index is -0.0969. The summed E-state index contributed by atoms with van der Waals surface area (Å²) in [5.41, 5.74) is 5.51. The van der Waals surface area contributed by atoms with E-state index < -0.39 is 0 Å². The van der Waals surface area contributed by atoms with Crippen LogP contribution in [0.2, 0.25) is 0 Å². The van der Waals surface area contributed by atoms with Gasteiger partial charge in [0.1, 0.15) is 0 Å². The summed E-state index contributed by atoms with van der Waals surface area (Å²) in [6.45, 7) is 2.19. The lowest BCUT2D eigenvalue weighted by Gasteiger charge is -2.31. The number of imide groups is 1. The van der Waals surface area contributed by atoms with Crippen LogP contribution < -0.4 is 5.73 Å². The maximum Gasteiger partial charge on any atom is 0.232 e. The summed E-state index contributed by atoms with van der Waals surface area (Å²) in [6.07, 6.45) is 2.45. The van der Waals surface area contributed by atoms with Crippen LogP contribution in [0.5, 0.6) is 0 Å². The molecule has 3 atom stereocenters.